The van der Waals surface area contributed by atoms with Crippen LogP contribution in [0.25, 0.3) is 11.3 Å². The van der Waals surface area contributed by atoms with Gasteiger partial charge in [-0.15, -0.1) is 0 Å². The summed E-state index contributed by atoms with van der Waals surface area (Å²) in [6.07, 6.45) is 3.08. The molecule has 1 saturated heterocycles. The molecule has 162 valence electrons. The number of benzene rings is 2. The molecule has 0 aliphatic carbocycles. The summed E-state index contributed by atoms with van der Waals surface area (Å²) in [5, 5.41) is 4.60. The highest BCUT2D eigenvalue weighted by Gasteiger charge is 2.24. The number of hydrogen-bond acceptors (Lipinski definition) is 5. The summed E-state index contributed by atoms with van der Waals surface area (Å²) < 4.78 is 11.0. The number of ether oxygens (including phenoxy) is 1. The number of rotatable bonds is 5. The zero-order chi connectivity index (χ0) is 21.8. The number of carbonyl (C=O) groups is 1. The number of oxazole rings is 1. The number of nitrogens with one attached hydrogen (secondary N) is 1. The topological polar surface area (TPSA) is 67.6 Å². The van der Waals surface area contributed by atoms with E-state index in [-0.39, 0.29) is 18.7 Å². The van der Waals surface area contributed by atoms with Crippen LogP contribution in [0, 0.1) is 6.92 Å². The molecule has 6 nitrogen and oxygen atoms in total. The molecule has 2 aromatic carbocycles. The maximum absolute atomic E-state index is 12.4. The molecule has 0 atom stereocenters. The molecule has 1 N–H and O–H groups in total. The number of anilines is 1. The fourth-order valence-corrected chi connectivity index (χ4v) is 4.20. The van der Waals surface area contributed by atoms with Crippen molar-refractivity contribution in [2.24, 2.45) is 0 Å². The van der Waals surface area contributed by atoms with Gasteiger partial charge in [-0.2, -0.15) is 0 Å². The molecule has 0 spiro atoms. The molecule has 1 aliphatic heterocycles. The van der Waals surface area contributed by atoms with Crippen molar-refractivity contribution in [2.45, 2.75) is 32.4 Å². The second kappa shape index (κ2) is 9.62. The average molecular weight is 460 g/mol. The minimum atomic E-state index is -0.322. The van der Waals surface area contributed by atoms with Crippen LogP contribution in [-0.2, 0) is 11.3 Å². The maximum Gasteiger partial charge on any atom is 0.410 e. The summed E-state index contributed by atoms with van der Waals surface area (Å²) in [6.45, 7) is 3.24. The molecule has 3 aromatic rings. The summed E-state index contributed by atoms with van der Waals surface area (Å²) >= 11 is 12.0. The molecule has 0 bridgehead atoms. The van der Waals surface area contributed by atoms with Crippen LogP contribution >= 0.6 is 23.2 Å². The van der Waals surface area contributed by atoms with Crippen LogP contribution in [0.5, 0.6) is 0 Å². The number of likely N-dealkylation sites (tertiary alicyclic amines) is 1. The molecule has 0 unspecified atom stereocenters. The third kappa shape index (κ3) is 5.71. The van der Waals surface area contributed by atoms with E-state index in [9.17, 15) is 4.79 Å². The van der Waals surface area contributed by atoms with Crippen molar-refractivity contribution in [2.75, 3.05) is 18.4 Å². The van der Waals surface area contributed by atoms with E-state index >= 15 is 0 Å². The molecule has 31 heavy (non-hydrogen) atoms. The number of piperidine rings is 1. The van der Waals surface area contributed by atoms with Crippen molar-refractivity contribution in [3.8, 4) is 11.3 Å². The Bertz CT molecular complexity index is 1040. The Hall–Kier alpha value is -2.70. The second-order valence-corrected chi connectivity index (χ2v) is 8.44. The SMILES string of the molecule is Cc1ncc(-c2cccc(NC3CCN(C(=O)OCc4cc(Cl)cc(Cl)c4)CC3)c2)o1. The van der Waals surface area contributed by atoms with Gasteiger partial charge in [-0.25, -0.2) is 9.78 Å². The predicted octanol–water partition coefficient (Wildman–Crippen LogP) is 6.17. The van der Waals surface area contributed by atoms with Crippen LogP contribution in [-0.4, -0.2) is 35.1 Å². The Morgan fingerprint density at radius 3 is 2.61 bits per heavy atom. The van der Waals surface area contributed by atoms with E-state index in [4.69, 9.17) is 32.4 Å². The number of halogens is 2. The lowest BCUT2D eigenvalue weighted by atomic mass is 10.0. The predicted molar refractivity (Wildman–Crippen MR) is 122 cm³/mol. The van der Waals surface area contributed by atoms with Crippen LogP contribution in [0.15, 0.2) is 53.1 Å². The largest absolute Gasteiger partial charge is 0.445 e. The zero-order valence-electron chi connectivity index (χ0n) is 17.1. The molecule has 4 rings (SSSR count). The third-order valence-electron chi connectivity index (χ3n) is 5.18. The van der Waals surface area contributed by atoms with Crippen LogP contribution in [0.4, 0.5) is 10.5 Å². The molecule has 1 fully saturated rings. The number of amides is 1. The van der Waals surface area contributed by atoms with Gasteiger partial charge in [0.1, 0.15) is 6.61 Å². The first-order chi connectivity index (χ1) is 15.0. The highest BCUT2D eigenvalue weighted by Crippen LogP contribution is 2.25. The van der Waals surface area contributed by atoms with Gasteiger partial charge in [0.2, 0.25) is 0 Å². The first kappa shape index (κ1) is 21.5. The summed E-state index contributed by atoms with van der Waals surface area (Å²) in [6, 6.07) is 13.5. The Kier molecular flexibility index (Phi) is 6.68. The number of nitrogens with zero attached hydrogens (tertiary/aromatic N) is 2. The van der Waals surface area contributed by atoms with Crippen LogP contribution < -0.4 is 5.32 Å². The van der Waals surface area contributed by atoms with E-state index in [0.29, 0.717) is 29.0 Å². The van der Waals surface area contributed by atoms with Crippen LogP contribution in [0.3, 0.4) is 0 Å². The van der Waals surface area contributed by atoms with Gasteiger partial charge in [0, 0.05) is 47.4 Å². The summed E-state index contributed by atoms with van der Waals surface area (Å²) in [5.41, 5.74) is 2.77. The Morgan fingerprint density at radius 2 is 1.94 bits per heavy atom. The molecule has 1 aromatic heterocycles. The molecular weight excluding hydrogens is 437 g/mol. The quantitative estimate of drug-likeness (QED) is 0.493. The minimum Gasteiger partial charge on any atom is -0.445 e. The summed E-state index contributed by atoms with van der Waals surface area (Å²) in [5.74, 6) is 1.39. The first-order valence-electron chi connectivity index (χ1n) is 10.1. The number of carbonyl (C=O) groups excluding carboxylic acids is 1. The van der Waals surface area contributed by atoms with Gasteiger partial charge in [0.25, 0.3) is 0 Å². The smallest absolute Gasteiger partial charge is 0.410 e. The molecule has 1 aliphatic rings. The highest BCUT2D eigenvalue weighted by molar-refractivity contribution is 6.34. The maximum atomic E-state index is 12.4. The van der Waals surface area contributed by atoms with Crippen LogP contribution in [0.1, 0.15) is 24.3 Å². The van der Waals surface area contributed by atoms with Crippen LogP contribution in [0.2, 0.25) is 10.0 Å². The Balaban J connectivity index is 1.27. The first-order valence-corrected chi connectivity index (χ1v) is 10.9. The van der Waals surface area contributed by atoms with Gasteiger partial charge in [-0.1, -0.05) is 35.3 Å². The molecule has 1 amide bonds. The van der Waals surface area contributed by atoms with Gasteiger partial charge >= 0.3 is 6.09 Å². The van der Waals surface area contributed by atoms with E-state index in [1.807, 2.05) is 25.1 Å². The van der Waals surface area contributed by atoms with Crippen molar-refractivity contribution in [3.05, 3.63) is 70.2 Å². The zero-order valence-corrected chi connectivity index (χ0v) is 18.6. The molecule has 2 heterocycles. The van der Waals surface area contributed by atoms with Gasteiger partial charge in [-0.05, 0) is 48.7 Å². The lowest BCUT2D eigenvalue weighted by molar-refractivity contribution is 0.0882. The number of aromatic nitrogens is 1. The van der Waals surface area contributed by atoms with Crippen molar-refractivity contribution in [3.63, 3.8) is 0 Å². The van der Waals surface area contributed by atoms with Crippen molar-refractivity contribution < 1.29 is 13.9 Å². The number of aryl methyl sites for hydroxylation is 1. The van der Waals surface area contributed by atoms with Gasteiger partial charge in [0.15, 0.2) is 11.7 Å². The Morgan fingerprint density at radius 1 is 1.19 bits per heavy atom. The lowest BCUT2D eigenvalue weighted by Crippen LogP contribution is -2.42. The number of hydrogen-bond donors (Lipinski definition) is 1. The normalized spacial score (nSPS) is 14.5. The molecule has 0 saturated carbocycles. The van der Waals surface area contributed by atoms with E-state index in [1.54, 1.807) is 29.3 Å². The van der Waals surface area contributed by atoms with Crippen molar-refractivity contribution >= 4 is 35.0 Å². The fraction of sp³-hybridized carbons (Fsp3) is 0.304. The summed E-state index contributed by atoms with van der Waals surface area (Å²) in [4.78, 5) is 18.3. The molecule has 0 radical (unpaired) electrons. The highest BCUT2D eigenvalue weighted by atomic mass is 35.5. The van der Waals surface area contributed by atoms with Gasteiger partial charge in [0.05, 0.1) is 6.20 Å². The van der Waals surface area contributed by atoms with E-state index in [2.05, 4.69) is 16.4 Å². The molecule has 8 heteroatoms. The monoisotopic (exact) mass is 459 g/mol. The van der Waals surface area contributed by atoms with E-state index in [1.165, 1.54) is 0 Å². The third-order valence-corrected chi connectivity index (χ3v) is 5.61. The van der Waals surface area contributed by atoms with Crippen molar-refractivity contribution in [1.82, 2.24) is 9.88 Å². The van der Waals surface area contributed by atoms with Gasteiger partial charge in [-0.3, -0.25) is 0 Å². The van der Waals surface area contributed by atoms with Gasteiger partial charge < -0.3 is 19.4 Å². The van der Waals surface area contributed by atoms with E-state index < -0.39 is 0 Å². The van der Waals surface area contributed by atoms with E-state index in [0.717, 1.165) is 35.4 Å². The van der Waals surface area contributed by atoms with Crippen molar-refractivity contribution in [1.29, 1.82) is 0 Å². The molecular formula is C23H23Cl2N3O3. The Labute approximate surface area is 191 Å². The second-order valence-electron chi connectivity index (χ2n) is 7.56. The minimum absolute atomic E-state index is 0.144. The summed E-state index contributed by atoms with van der Waals surface area (Å²) in [7, 11) is 0. The lowest BCUT2D eigenvalue weighted by Gasteiger charge is -2.32. The standard InChI is InChI=1S/C23H23Cl2N3O3/c1-15-26-13-22(31-15)17-3-2-4-21(11-17)27-20-5-7-28(8-6-20)23(29)30-14-16-9-18(24)12-19(25)10-16/h2-4,9-13,20,27H,5-8,14H2,1H3. The average Bonchev–Trinajstić information content (AvgIpc) is 3.18. The fourth-order valence-electron chi connectivity index (χ4n) is 3.63.